The van der Waals surface area contributed by atoms with Gasteiger partial charge < -0.3 is 20.4 Å². The Hall–Kier alpha value is -2.84. The standard InChI is InChI=1S/C18H23ClN6O2/c1-5-16(26)22-14-10-12(21-18-20-11-13(19)17(27)23-18)6-7-15(14)25(4)9-8-24(2)3/h5-7,10-11H,1,8-9H2,2-4H3,(H,22,26)(H2,20,21,23,27). The van der Waals surface area contributed by atoms with Gasteiger partial charge >= 0.3 is 0 Å². The Morgan fingerprint density at radius 2 is 2.07 bits per heavy atom. The Bertz CT molecular complexity index is 880. The highest BCUT2D eigenvalue weighted by atomic mass is 35.5. The first kappa shape index (κ1) is 20.5. The third kappa shape index (κ3) is 5.83. The number of H-pyrrole nitrogens is 1. The molecule has 0 fully saturated rings. The Morgan fingerprint density at radius 3 is 2.70 bits per heavy atom. The number of anilines is 4. The summed E-state index contributed by atoms with van der Waals surface area (Å²) in [6, 6.07) is 5.47. The number of nitrogens with one attached hydrogen (secondary N) is 3. The van der Waals surface area contributed by atoms with E-state index >= 15 is 0 Å². The predicted molar refractivity (Wildman–Crippen MR) is 110 cm³/mol. The molecular formula is C18H23ClN6O2. The van der Waals surface area contributed by atoms with Gasteiger partial charge in [0, 0.05) is 25.8 Å². The summed E-state index contributed by atoms with van der Waals surface area (Å²) in [6.45, 7) is 5.13. The van der Waals surface area contributed by atoms with E-state index in [2.05, 4.69) is 32.1 Å². The van der Waals surface area contributed by atoms with Gasteiger partial charge in [-0.2, -0.15) is 0 Å². The van der Waals surface area contributed by atoms with Gasteiger partial charge in [0.15, 0.2) is 0 Å². The predicted octanol–water partition coefficient (Wildman–Crippen LogP) is 2.29. The van der Waals surface area contributed by atoms with Gasteiger partial charge in [-0.25, -0.2) is 4.98 Å². The van der Waals surface area contributed by atoms with E-state index in [9.17, 15) is 9.59 Å². The molecule has 0 bridgehead atoms. The molecule has 0 aliphatic heterocycles. The smallest absolute Gasteiger partial charge is 0.271 e. The average molecular weight is 391 g/mol. The van der Waals surface area contributed by atoms with E-state index in [4.69, 9.17) is 11.6 Å². The first-order chi connectivity index (χ1) is 12.8. The van der Waals surface area contributed by atoms with E-state index in [0.29, 0.717) is 11.4 Å². The van der Waals surface area contributed by atoms with E-state index in [0.717, 1.165) is 18.8 Å². The van der Waals surface area contributed by atoms with Crippen LogP contribution in [0, 0.1) is 0 Å². The van der Waals surface area contributed by atoms with E-state index in [-0.39, 0.29) is 16.9 Å². The molecule has 0 aliphatic carbocycles. The molecular weight excluding hydrogens is 368 g/mol. The topological polar surface area (TPSA) is 93.4 Å². The Kier molecular flexibility index (Phi) is 6.98. The summed E-state index contributed by atoms with van der Waals surface area (Å²) in [5, 5.41) is 5.81. The molecule has 2 aromatic rings. The summed E-state index contributed by atoms with van der Waals surface area (Å²) in [4.78, 5) is 34.1. The molecule has 3 N–H and O–H groups in total. The SMILES string of the molecule is C=CC(=O)Nc1cc(Nc2ncc(Cl)c(=O)[nH]2)ccc1N(C)CCN(C)C. The van der Waals surface area contributed by atoms with Crippen molar-refractivity contribution in [2.45, 2.75) is 0 Å². The molecule has 0 aliphatic rings. The fourth-order valence-electron chi connectivity index (χ4n) is 2.28. The molecule has 0 unspecified atom stereocenters. The van der Waals surface area contributed by atoms with Crippen molar-refractivity contribution in [3.8, 4) is 0 Å². The van der Waals surface area contributed by atoms with Crippen LogP contribution in [0.5, 0.6) is 0 Å². The zero-order valence-electron chi connectivity index (χ0n) is 15.5. The number of halogens is 1. The summed E-state index contributed by atoms with van der Waals surface area (Å²) in [5.74, 6) is -0.0634. The summed E-state index contributed by atoms with van der Waals surface area (Å²) in [7, 11) is 5.95. The maximum Gasteiger partial charge on any atom is 0.271 e. The molecule has 144 valence electrons. The molecule has 1 heterocycles. The molecule has 1 amide bonds. The fourth-order valence-corrected chi connectivity index (χ4v) is 2.38. The lowest BCUT2D eigenvalue weighted by Gasteiger charge is -2.24. The van der Waals surface area contributed by atoms with Crippen molar-refractivity contribution in [1.29, 1.82) is 0 Å². The second kappa shape index (κ2) is 9.20. The number of hydrogen-bond donors (Lipinski definition) is 3. The van der Waals surface area contributed by atoms with Crippen molar-refractivity contribution in [2.24, 2.45) is 0 Å². The van der Waals surface area contributed by atoms with Crippen LogP contribution in [0.2, 0.25) is 5.02 Å². The van der Waals surface area contributed by atoms with E-state index in [1.807, 2.05) is 38.2 Å². The number of amides is 1. The normalized spacial score (nSPS) is 10.6. The maximum absolute atomic E-state index is 11.8. The van der Waals surface area contributed by atoms with Gasteiger partial charge in [-0.15, -0.1) is 0 Å². The highest BCUT2D eigenvalue weighted by molar-refractivity contribution is 6.30. The summed E-state index contributed by atoms with van der Waals surface area (Å²) < 4.78 is 0. The monoisotopic (exact) mass is 390 g/mol. The van der Waals surface area contributed by atoms with Gasteiger partial charge in [0.1, 0.15) is 5.02 Å². The van der Waals surface area contributed by atoms with Crippen LogP contribution in [0.15, 0.2) is 41.8 Å². The number of carbonyl (C=O) groups excluding carboxylic acids is 1. The first-order valence-corrected chi connectivity index (χ1v) is 8.63. The average Bonchev–Trinajstić information content (AvgIpc) is 2.63. The second-order valence-corrected chi connectivity index (χ2v) is 6.59. The molecule has 0 saturated carbocycles. The first-order valence-electron chi connectivity index (χ1n) is 8.25. The van der Waals surface area contributed by atoms with Crippen LogP contribution in [0.1, 0.15) is 0 Å². The minimum atomic E-state index is -0.436. The number of aromatic amines is 1. The van der Waals surface area contributed by atoms with Gasteiger partial charge in [-0.05, 0) is 38.4 Å². The molecule has 0 spiro atoms. The van der Waals surface area contributed by atoms with Crippen LogP contribution >= 0.6 is 11.6 Å². The van der Waals surface area contributed by atoms with Crippen molar-refractivity contribution in [1.82, 2.24) is 14.9 Å². The number of aromatic nitrogens is 2. The van der Waals surface area contributed by atoms with Gasteiger partial charge in [-0.3, -0.25) is 14.6 Å². The van der Waals surface area contributed by atoms with Crippen LogP contribution in [0.3, 0.4) is 0 Å². The van der Waals surface area contributed by atoms with Crippen molar-refractivity contribution < 1.29 is 4.79 Å². The van der Waals surface area contributed by atoms with Crippen molar-refractivity contribution in [2.75, 3.05) is 49.8 Å². The van der Waals surface area contributed by atoms with Crippen LogP contribution in [-0.4, -0.2) is 55.0 Å². The van der Waals surface area contributed by atoms with Crippen molar-refractivity contribution in [3.05, 3.63) is 52.4 Å². The van der Waals surface area contributed by atoms with E-state index < -0.39 is 5.56 Å². The number of carbonyl (C=O) groups is 1. The maximum atomic E-state index is 11.8. The number of hydrogen-bond acceptors (Lipinski definition) is 6. The Labute approximate surface area is 162 Å². The molecule has 2 rings (SSSR count). The minimum Gasteiger partial charge on any atom is -0.372 e. The molecule has 27 heavy (non-hydrogen) atoms. The van der Waals surface area contributed by atoms with Crippen molar-refractivity contribution in [3.63, 3.8) is 0 Å². The van der Waals surface area contributed by atoms with Crippen LogP contribution in [-0.2, 0) is 4.79 Å². The molecule has 1 aromatic carbocycles. The lowest BCUT2D eigenvalue weighted by Crippen LogP contribution is -2.29. The van der Waals surface area contributed by atoms with Gasteiger partial charge in [0.05, 0.1) is 17.6 Å². The van der Waals surface area contributed by atoms with E-state index in [1.54, 1.807) is 6.07 Å². The number of benzene rings is 1. The third-order valence-electron chi connectivity index (χ3n) is 3.75. The summed E-state index contributed by atoms with van der Waals surface area (Å²) in [5.41, 5.74) is 1.68. The second-order valence-electron chi connectivity index (χ2n) is 6.18. The molecule has 1 aromatic heterocycles. The molecule has 0 atom stereocenters. The lowest BCUT2D eigenvalue weighted by molar-refractivity contribution is -0.111. The third-order valence-corrected chi connectivity index (χ3v) is 4.02. The number of likely N-dealkylation sites (N-methyl/N-ethyl adjacent to an activating group) is 2. The summed E-state index contributed by atoms with van der Waals surface area (Å²) >= 11 is 5.69. The number of rotatable bonds is 8. The van der Waals surface area contributed by atoms with Crippen LogP contribution < -0.4 is 21.1 Å². The molecule has 0 radical (unpaired) electrons. The molecule has 9 heteroatoms. The Balaban J connectivity index is 2.30. The van der Waals surface area contributed by atoms with Crippen LogP contribution in [0.25, 0.3) is 0 Å². The fraction of sp³-hybridized carbons (Fsp3) is 0.278. The molecule has 0 saturated heterocycles. The highest BCUT2D eigenvalue weighted by Gasteiger charge is 2.11. The lowest BCUT2D eigenvalue weighted by atomic mass is 10.2. The minimum absolute atomic E-state index is 0.0114. The van der Waals surface area contributed by atoms with Gasteiger partial charge in [0.2, 0.25) is 11.9 Å². The van der Waals surface area contributed by atoms with Gasteiger partial charge in [0.25, 0.3) is 5.56 Å². The van der Waals surface area contributed by atoms with Crippen molar-refractivity contribution >= 4 is 40.5 Å². The van der Waals surface area contributed by atoms with Crippen LogP contribution in [0.4, 0.5) is 23.0 Å². The molecule has 8 nitrogen and oxygen atoms in total. The number of nitrogens with zero attached hydrogens (tertiary/aromatic N) is 3. The Morgan fingerprint density at radius 1 is 1.33 bits per heavy atom. The zero-order chi connectivity index (χ0) is 20.0. The highest BCUT2D eigenvalue weighted by Crippen LogP contribution is 2.29. The quantitative estimate of drug-likeness (QED) is 0.599. The summed E-state index contributed by atoms with van der Waals surface area (Å²) in [6.07, 6.45) is 2.48. The van der Waals surface area contributed by atoms with E-state index in [1.165, 1.54) is 12.3 Å². The largest absolute Gasteiger partial charge is 0.372 e. The van der Waals surface area contributed by atoms with Gasteiger partial charge in [-0.1, -0.05) is 18.2 Å². The zero-order valence-corrected chi connectivity index (χ0v) is 16.3.